The summed E-state index contributed by atoms with van der Waals surface area (Å²) in [4.78, 5) is 23.0. The maximum Gasteiger partial charge on any atom is 0.243 e. The third-order valence-electron chi connectivity index (χ3n) is 3.71. The van der Waals surface area contributed by atoms with Crippen LogP contribution in [0.5, 0.6) is 0 Å². The van der Waals surface area contributed by atoms with E-state index >= 15 is 0 Å². The van der Waals surface area contributed by atoms with Gasteiger partial charge >= 0.3 is 0 Å². The third-order valence-corrected chi connectivity index (χ3v) is 4.85. The number of hydrogen-bond acceptors (Lipinski definition) is 5. The van der Waals surface area contributed by atoms with Crippen molar-refractivity contribution in [3.63, 3.8) is 0 Å². The van der Waals surface area contributed by atoms with Crippen LogP contribution in [0, 0.1) is 6.92 Å². The number of aromatic nitrogens is 2. The predicted octanol–water partition coefficient (Wildman–Crippen LogP) is 4.12. The second-order valence-corrected chi connectivity index (χ2v) is 6.71. The number of aryl methyl sites for hydroxylation is 1. The molecule has 5 nitrogen and oxygen atoms in total. The summed E-state index contributed by atoms with van der Waals surface area (Å²) in [5, 5.41) is 5.50. The van der Waals surface area contributed by atoms with E-state index in [0.29, 0.717) is 11.6 Å². The molecule has 0 aliphatic heterocycles. The van der Waals surface area contributed by atoms with Gasteiger partial charge in [0.05, 0.1) is 16.8 Å². The van der Waals surface area contributed by atoms with Gasteiger partial charge in [0, 0.05) is 17.3 Å². The van der Waals surface area contributed by atoms with Crippen LogP contribution < -0.4 is 10.2 Å². The first-order chi connectivity index (χ1) is 11.6. The molecule has 0 aliphatic carbocycles. The van der Waals surface area contributed by atoms with Crippen molar-refractivity contribution in [3.8, 4) is 0 Å². The number of fused-ring (bicyclic) bond motifs is 1. The van der Waals surface area contributed by atoms with Crippen molar-refractivity contribution < 1.29 is 4.79 Å². The van der Waals surface area contributed by atoms with Crippen LogP contribution in [0.3, 0.4) is 0 Å². The average Bonchev–Trinajstić information content (AvgIpc) is 3.05. The van der Waals surface area contributed by atoms with E-state index in [9.17, 15) is 4.79 Å². The first-order valence-corrected chi connectivity index (χ1v) is 8.83. The standard InChI is InChI=1S/C17H17ClN4OS/c1-3-22(17-16-13(6-7-24-16)19-10-20-17)9-15(23)21-14-8-12(18)5-4-11(14)2/h4-8,10H,3,9H2,1-2H3,(H,21,23). The summed E-state index contributed by atoms with van der Waals surface area (Å²) < 4.78 is 0.992. The molecule has 0 aliphatic rings. The zero-order valence-electron chi connectivity index (χ0n) is 13.4. The molecule has 2 heterocycles. The number of rotatable bonds is 5. The molecule has 1 amide bonds. The summed E-state index contributed by atoms with van der Waals surface area (Å²) in [7, 11) is 0. The van der Waals surface area contributed by atoms with Gasteiger partial charge in [-0.15, -0.1) is 11.3 Å². The van der Waals surface area contributed by atoms with Gasteiger partial charge in [-0.3, -0.25) is 4.79 Å². The Hall–Kier alpha value is -2.18. The van der Waals surface area contributed by atoms with Crippen molar-refractivity contribution in [2.24, 2.45) is 0 Å². The summed E-state index contributed by atoms with van der Waals surface area (Å²) in [6.07, 6.45) is 1.53. The lowest BCUT2D eigenvalue weighted by molar-refractivity contribution is -0.115. The van der Waals surface area contributed by atoms with Gasteiger partial charge < -0.3 is 10.2 Å². The molecule has 0 bridgehead atoms. The Morgan fingerprint density at radius 2 is 2.17 bits per heavy atom. The molecular weight excluding hydrogens is 344 g/mol. The van der Waals surface area contributed by atoms with E-state index in [2.05, 4.69) is 15.3 Å². The van der Waals surface area contributed by atoms with E-state index in [1.807, 2.05) is 36.3 Å². The number of thiophene rings is 1. The Balaban J connectivity index is 1.79. The van der Waals surface area contributed by atoms with Gasteiger partial charge in [0.1, 0.15) is 12.1 Å². The van der Waals surface area contributed by atoms with Gasteiger partial charge in [-0.2, -0.15) is 0 Å². The van der Waals surface area contributed by atoms with Crippen LogP contribution in [0.2, 0.25) is 5.02 Å². The fraction of sp³-hybridized carbons (Fsp3) is 0.235. The minimum Gasteiger partial charge on any atom is -0.346 e. The maximum atomic E-state index is 12.5. The zero-order chi connectivity index (χ0) is 17.1. The number of nitrogens with zero attached hydrogens (tertiary/aromatic N) is 3. The number of amides is 1. The fourth-order valence-electron chi connectivity index (χ4n) is 2.43. The van der Waals surface area contributed by atoms with Gasteiger partial charge in [-0.1, -0.05) is 17.7 Å². The number of halogens is 1. The highest BCUT2D eigenvalue weighted by atomic mass is 35.5. The molecule has 0 saturated carbocycles. The van der Waals surface area contributed by atoms with Crippen LogP contribution in [0.4, 0.5) is 11.5 Å². The molecule has 0 radical (unpaired) electrons. The van der Waals surface area contributed by atoms with Gasteiger partial charge in [0.15, 0.2) is 0 Å². The largest absolute Gasteiger partial charge is 0.346 e. The smallest absolute Gasteiger partial charge is 0.243 e. The van der Waals surface area contributed by atoms with Gasteiger partial charge in [0.25, 0.3) is 0 Å². The number of carbonyl (C=O) groups is 1. The van der Waals surface area contributed by atoms with Crippen molar-refractivity contribution in [2.45, 2.75) is 13.8 Å². The highest BCUT2D eigenvalue weighted by Crippen LogP contribution is 2.27. The Kier molecular flexibility index (Phi) is 4.97. The van der Waals surface area contributed by atoms with Gasteiger partial charge in [-0.25, -0.2) is 9.97 Å². The van der Waals surface area contributed by atoms with Crippen LogP contribution in [0.1, 0.15) is 12.5 Å². The third kappa shape index (κ3) is 3.49. The molecule has 124 valence electrons. The summed E-state index contributed by atoms with van der Waals surface area (Å²) in [6, 6.07) is 7.40. The van der Waals surface area contributed by atoms with Crippen molar-refractivity contribution in [1.29, 1.82) is 0 Å². The first-order valence-electron chi connectivity index (χ1n) is 7.57. The van der Waals surface area contributed by atoms with E-state index in [4.69, 9.17) is 11.6 Å². The summed E-state index contributed by atoms with van der Waals surface area (Å²) in [5.74, 6) is 0.681. The fourth-order valence-corrected chi connectivity index (χ4v) is 3.46. The number of carbonyl (C=O) groups excluding carboxylic acids is 1. The van der Waals surface area contributed by atoms with Gasteiger partial charge in [-0.05, 0) is 43.0 Å². The highest BCUT2D eigenvalue weighted by molar-refractivity contribution is 7.17. The Bertz CT molecular complexity index is 880. The highest BCUT2D eigenvalue weighted by Gasteiger charge is 2.16. The predicted molar refractivity (Wildman–Crippen MR) is 100 cm³/mol. The van der Waals surface area contributed by atoms with Crippen LogP contribution >= 0.6 is 22.9 Å². The first kappa shape index (κ1) is 16.7. The van der Waals surface area contributed by atoms with Crippen LogP contribution in [-0.2, 0) is 4.79 Å². The molecule has 3 rings (SSSR count). The second-order valence-electron chi connectivity index (χ2n) is 5.35. The topological polar surface area (TPSA) is 58.1 Å². The lowest BCUT2D eigenvalue weighted by Gasteiger charge is -2.22. The molecule has 2 aromatic heterocycles. The number of likely N-dealkylation sites (N-methyl/N-ethyl adjacent to an activating group) is 1. The Morgan fingerprint density at radius 1 is 1.33 bits per heavy atom. The Labute approximate surface area is 149 Å². The molecule has 24 heavy (non-hydrogen) atoms. The summed E-state index contributed by atoms with van der Waals surface area (Å²) >= 11 is 7.58. The van der Waals surface area contributed by atoms with E-state index in [1.54, 1.807) is 23.5 Å². The van der Waals surface area contributed by atoms with Crippen molar-refractivity contribution in [3.05, 3.63) is 46.6 Å². The Morgan fingerprint density at radius 3 is 2.96 bits per heavy atom. The number of hydrogen-bond donors (Lipinski definition) is 1. The van der Waals surface area contributed by atoms with E-state index in [-0.39, 0.29) is 12.5 Å². The molecular formula is C17H17ClN4OS. The second kappa shape index (κ2) is 7.15. The zero-order valence-corrected chi connectivity index (χ0v) is 15.0. The molecule has 0 fully saturated rings. The molecule has 0 unspecified atom stereocenters. The van der Waals surface area contributed by atoms with E-state index in [1.165, 1.54) is 6.33 Å². The number of nitrogens with one attached hydrogen (secondary N) is 1. The monoisotopic (exact) mass is 360 g/mol. The lowest BCUT2D eigenvalue weighted by Crippen LogP contribution is -2.33. The summed E-state index contributed by atoms with van der Waals surface area (Å²) in [6.45, 7) is 4.82. The molecule has 0 spiro atoms. The maximum absolute atomic E-state index is 12.5. The lowest BCUT2D eigenvalue weighted by atomic mass is 10.2. The molecule has 3 aromatic rings. The molecule has 1 N–H and O–H groups in total. The quantitative estimate of drug-likeness (QED) is 0.743. The minimum absolute atomic E-state index is 0.106. The molecule has 1 aromatic carbocycles. The van der Waals surface area contributed by atoms with Crippen LogP contribution in [-0.4, -0.2) is 29.0 Å². The minimum atomic E-state index is -0.106. The van der Waals surface area contributed by atoms with Crippen LogP contribution in [0.25, 0.3) is 10.2 Å². The number of anilines is 2. The van der Waals surface area contributed by atoms with E-state index in [0.717, 1.165) is 27.3 Å². The normalized spacial score (nSPS) is 10.8. The molecule has 7 heteroatoms. The van der Waals surface area contributed by atoms with E-state index < -0.39 is 0 Å². The molecule has 0 atom stereocenters. The van der Waals surface area contributed by atoms with Gasteiger partial charge in [0.2, 0.25) is 5.91 Å². The van der Waals surface area contributed by atoms with Crippen molar-refractivity contribution in [2.75, 3.05) is 23.3 Å². The summed E-state index contributed by atoms with van der Waals surface area (Å²) in [5.41, 5.74) is 2.60. The number of benzene rings is 1. The molecule has 0 saturated heterocycles. The average molecular weight is 361 g/mol. The van der Waals surface area contributed by atoms with Crippen LogP contribution in [0.15, 0.2) is 36.0 Å². The van der Waals surface area contributed by atoms with Crippen molar-refractivity contribution >= 4 is 50.6 Å². The SMILES string of the molecule is CCN(CC(=O)Nc1cc(Cl)ccc1C)c1ncnc2ccsc12. The van der Waals surface area contributed by atoms with Crippen molar-refractivity contribution in [1.82, 2.24) is 9.97 Å².